The monoisotopic (exact) mass is 942 g/mol. The number of rotatable bonds is 55. The van der Waals surface area contributed by atoms with Crippen molar-refractivity contribution < 1.29 is 24.5 Å². The van der Waals surface area contributed by atoms with Crippen LogP contribution in [0.5, 0.6) is 0 Å². The summed E-state index contributed by atoms with van der Waals surface area (Å²) < 4.78 is 5.46. The fourth-order valence-electron chi connectivity index (χ4n) is 9.08. The van der Waals surface area contributed by atoms with Crippen LogP contribution >= 0.6 is 0 Å². The Labute approximate surface area is 417 Å². The molecule has 2 unspecified atom stereocenters. The molecule has 0 radical (unpaired) electrons. The molecule has 0 aromatic heterocycles. The number of aliphatic hydroxyl groups is 2. The van der Waals surface area contributed by atoms with Crippen molar-refractivity contribution in [2.45, 2.75) is 328 Å². The largest absolute Gasteiger partial charge is 0.466 e. The first-order chi connectivity index (χ1) is 33.0. The quantitative estimate of drug-likeness (QED) is 0.0321. The third-order valence-electron chi connectivity index (χ3n) is 13.6. The predicted molar refractivity (Wildman–Crippen MR) is 292 cm³/mol. The molecule has 1 amide bonds. The number of allylic oxidation sites excluding steroid dienone is 5. The van der Waals surface area contributed by atoms with E-state index in [9.17, 15) is 19.8 Å². The van der Waals surface area contributed by atoms with E-state index in [1.54, 1.807) is 6.08 Å². The number of amides is 1. The van der Waals surface area contributed by atoms with Gasteiger partial charge in [0.05, 0.1) is 25.4 Å². The van der Waals surface area contributed by atoms with Crippen molar-refractivity contribution in [2.75, 3.05) is 13.2 Å². The van der Waals surface area contributed by atoms with Crippen LogP contribution in [0.25, 0.3) is 0 Å². The average Bonchev–Trinajstić information content (AvgIpc) is 3.33. The van der Waals surface area contributed by atoms with Gasteiger partial charge in [-0.05, 0) is 57.8 Å². The van der Waals surface area contributed by atoms with Gasteiger partial charge in [-0.2, -0.15) is 0 Å². The maximum absolute atomic E-state index is 12.5. The zero-order chi connectivity index (χ0) is 48.6. The molecule has 0 aromatic rings. The third kappa shape index (κ3) is 53.3. The Bertz CT molecular complexity index is 1090. The van der Waals surface area contributed by atoms with Gasteiger partial charge in [0.15, 0.2) is 0 Å². The minimum absolute atomic E-state index is 0.00552. The Morgan fingerprint density at radius 2 is 0.776 bits per heavy atom. The summed E-state index contributed by atoms with van der Waals surface area (Å²) >= 11 is 0. The topological polar surface area (TPSA) is 95.9 Å². The van der Waals surface area contributed by atoms with E-state index in [2.05, 4.69) is 43.5 Å². The molecule has 0 bridgehead atoms. The zero-order valence-electron chi connectivity index (χ0n) is 44.9. The zero-order valence-corrected chi connectivity index (χ0v) is 44.9. The van der Waals surface area contributed by atoms with Gasteiger partial charge in [-0.15, -0.1) is 0 Å². The molecule has 0 fully saturated rings. The number of hydrogen-bond acceptors (Lipinski definition) is 5. The standard InChI is InChI=1S/C61H115NO5/c1-3-5-7-9-11-13-15-17-18-23-26-30-33-37-41-45-49-53-59(64)58(57-63)62-60(65)54-50-46-42-38-34-31-27-24-21-19-20-22-25-28-32-36-40-44-48-52-56-67-61(66)55-51-47-43-39-35-29-16-14-12-10-8-6-4-2/h8,10,14,16,49,53,58-59,63-64H,3-7,9,11-13,15,17-48,50-52,54-57H2,1-2H3,(H,62,65)/b10-8-,16-14-,53-49+. The fraction of sp³-hybridized carbons (Fsp3) is 0.869. The molecule has 0 heterocycles. The maximum atomic E-state index is 12.5. The number of esters is 1. The molecule has 0 aromatic carbocycles. The van der Waals surface area contributed by atoms with Crippen molar-refractivity contribution in [2.24, 2.45) is 0 Å². The second-order valence-corrected chi connectivity index (χ2v) is 20.3. The van der Waals surface area contributed by atoms with Crippen LogP contribution in [-0.4, -0.2) is 47.4 Å². The van der Waals surface area contributed by atoms with Crippen LogP contribution in [0.1, 0.15) is 316 Å². The Balaban J connectivity index is 3.43. The van der Waals surface area contributed by atoms with E-state index in [1.165, 1.54) is 238 Å². The van der Waals surface area contributed by atoms with Gasteiger partial charge in [-0.25, -0.2) is 0 Å². The van der Waals surface area contributed by atoms with Gasteiger partial charge in [0.25, 0.3) is 0 Å². The van der Waals surface area contributed by atoms with Crippen molar-refractivity contribution in [1.29, 1.82) is 0 Å². The number of unbranched alkanes of at least 4 members (excludes halogenated alkanes) is 40. The molecule has 0 aliphatic heterocycles. The Morgan fingerprint density at radius 1 is 0.418 bits per heavy atom. The van der Waals surface area contributed by atoms with Gasteiger partial charge in [0.1, 0.15) is 0 Å². The minimum atomic E-state index is -0.846. The van der Waals surface area contributed by atoms with Gasteiger partial charge in [-0.1, -0.05) is 281 Å². The number of ether oxygens (including phenoxy) is 1. The number of hydrogen-bond donors (Lipinski definition) is 3. The smallest absolute Gasteiger partial charge is 0.305 e. The summed E-state index contributed by atoms with van der Waals surface area (Å²) in [7, 11) is 0. The second kappa shape index (κ2) is 56.7. The lowest BCUT2D eigenvalue weighted by Gasteiger charge is -2.20. The lowest BCUT2D eigenvalue weighted by atomic mass is 10.0. The Morgan fingerprint density at radius 3 is 1.19 bits per heavy atom. The van der Waals surface area contributed by atoms with Gasteiger partial charge in [0.2, 0.25) is 5.91 Å². The highest BCUT2D eigenvalue weighted by atomic mass is 16.5. The van der Waals surface area contributed by atoms with Crippen molar-refractivity contribution in [3.8, 4) is 0 Å². The highest BCUT2D eigenvalue weighted by Gasteiger charge is 2.18. The maximum Gasteiger partial charge on any atom is 0.305 e. The second-order valence-electron chi connectivity index (χ2n) is 20.3. The van der Waals surface area contributed by atoms with Gasteiger partial charge in [0, 0.05) is 12.8 Å². The molecule has 0 saturated heterocycles. The minimum Gasteiger partial charge on any atom is -0.466 e. The fourth-order valence-corrected chi connectivity index (χ4v) is 9.08. The normalized spacial score (nSPS) is 12.8. The summed E-state index contributed by atoms with van der Waals surface area (Å²) in [5, 5.41) is 23.1. The summed E-state index contributed by atoms with van der Waals surface area (Å²) in [5.41, 5.74) is 0. The summed E-state index contributed by atoms with van der Waals surface area (Å²) in [5.74, 6) is -0.0741. The highest BCUT2D eigenvalue weighted by molar-refractivity contribution is 5.76. The van der Waals surface area contributed by atoms with Crippen LogP contribution in [0.2, 0.25) is 0 Å². The van der Waals surface area contributed by atoms with Crippen LogP contribution < -0.4 is 5.32 Å². The molecule has 0 aliphatic rings. The predicted octanol–water partition coefficient (Wildman–Crippen LogP) is 18.4. The van der Waals surface area contributed by atoms with Crippen LogP contribution in [0.15, 0.2) is 36.5 Å². The molecule has 67 heavy (non-hydrogen) atoms. The first kappa shape index (κ1) is 65.1. The first-order valence-electron chi connectivity index (χ1n) is 29.8. The number of nitrogens with one attached hydrogen (secondary N) is 1. The highest BCUT2D eigenvalue weighted by Crippen LogP contribution is 2.17. The number of aliphatic hydroxyl groups excluding tert-OH is 2. The SMILES string of the molecule is CCC/C=C\C/C=C\CCCCCCCC(=O)OCCCCCCCCCCCCCCCCCCCCCCC(=O)NC(CO)C(O)/C=C/CCCCCCCCCCCCCCCCC. The molecular weight excluding hydrogens is 827 g/mol. The molecule has 2 atom stereocenters. The number of carbonyl (C=O) groups excluding carboxylic acids is 2. The van der Waals surface area contributed by atoms with Crippen molar-refractivity contribution >= 4 is 11.9 Å². The molecule has 0 spiro atoms. The van der Waals surface area contributed by atoms with Crippen LogP contribution in [0.3, 0.4) is 0 Å². The van der Waals surface area contributed by atoms with E-state index in [0.29, 0.717) is 19.4 Å². The summed E-state index contributed by atoms with van der Waals surface area (Å²) in [6.45, 7) is 4.84. The molecule has 3 N–H and O–H groups in total. The van der Waals surface area contributed by atoms with E-state index >= 15 is 0 Å². The van der Waals surface area contributed by atoms with E-state index < -0.39 is 12.1 Å². The van der Waals surface area contributed by atoms with Crippen LogP contribution in [0, 0.1) is 0 Å². The van der Waals surface area contributed by atoms with Crippen molar-refractivity contribution in [3.63, 3.8) is 0 Å². The van der Waals surface area contributed by atoms with E-state index in [1.807, 2.05) is 6.08 Å². The molecule has 6 heteroatoms. The number of carbonyl (C=O) groups is 2. The van der Waals surface area contributed by atoms with Gasteiger partial charge >= 0.3 is 5.97 Å². The summed E-state index contributed by atoms with van der Waals surface area (Å²) in [6, 6.07) is -0.630. The van der Waals surface area contributed by atoms with E-state index in [0.717, 1.165) is 51.4 Å². The molecular formula is C61H115NO5. The third-order valence-corrected chi connectivity index (χ3v) is 13.6. The Hall–Kier alpha value is -1.92. The van der Waals surface area contributed by atoms with Gasteiger partial charge in [-0.3, -0.25) is 9.59 Å². The molecule has 0 aliphatic carbocycles. The van der Waals surface area contributed by atoms with Crippen molar-refractivity contribution in [3.05, 3.63) is 36.5 Å². The average molecular weight is 943 g/mol. The van der Waals surface area contributed by atoms with E-state index in [-0.39, 0.29) is 18.5 Å². The van der Waals surface area contributed by atoms with E-state index in [4.69, 9.17) is 4.74 Å². The summed E-state index contributed by atoms with van der Waals surface area (Å²) in [4.78, 5) is 24.5. The molecule has 6 nitrogen and oxygen atoms in total. The van der Waals surface area contributed by atoms with Crippen LogP contribution in [-0.2, 0) is 14.3 Å². The van der Waals surface area contributed by atoms with Crippen molar-refractivity contribution in [1.82, 2.24) is 5.32 Å². The molecule has 0 saturated carbocycles. The van der Waals surface area contributed by atoms with Crippen LogP contribution in [0.4, 0.5) is 0 Å². The molecule has 0 rings (SSSR count). The Kier molecular flexibility index (Phi) is 55.0. The lowest BCUT2D eigenvalue weighted by Crippen LogP contribution is -2.45. The summed E-state index contributed by atoms with van der Waals surface area (Å²) in [6.07, 6.45) is 70.3. The molecule has 394 valence electrons. The lowest BCUT2D eigenvalue weighted by molar-refractivity contribution is -0.143. The van der Waals surface area contributed by atoms with Gasteiger partial charge < -0.3 is 20.3 Å². The first-order valence-corrected chi connectivity index (χ1v) is 29.8.